The molecule has 4 aromatic rings. The Morgan fingerprint density at radius 1 is 1.03 bits per heavy atom. The van der Waals surface area contributed by atoms with Crippen LogP contribution in [0.25, 0.3) is 22.2 Å². The number of nitrogens with two attached hydrogens (primary N) is 1. The summed E-state index contributed by atoms with van der Waals surface area (Å²) < 4.78 is 8.17. The van der Waals surface area contributed by atoms with E-state index in [0.717, 1.165) is 59.3 Å². The van der Waals surface area contributed by atoms with Gasteiger partial charge < -0.3 is 25.0 Å². The summed E-state index contributed by atoms with van der Waals surface area (Å²) in [5, 5.41) is 11.8. The lowest BCUT2D eigenvalue weighted by molar-refractivity contribution is -0.0256. The number of aromatic nitrogens is 3. The van der Waals surface area contributed by atoms with Crippen molar-refractivity contribution in [1.82, 2.24) is 19.4 Å². The number of hydrogen-bond donors (Lipinski definition) is 2. The van der Waals surface area contributed by atoms with Gasteiger partial charge in [-0.15, -0.1) is 0 Å². The molecule has 7 heteroatoms. The summed E-state index contributed by atoms with van der Waals surface area (Å²) in [4.78, 5) is 10.9. The van der Waals surface area contributed by atoms with Crippen LogP contribution < -0.4 is 10.5 Å². The van der Waals surface area contributed by atoms with Gasteiger partial charge in [-0.05, 0) is 69.6 Å². The highest BCUT2D eigenvalue weighted by molar-refractivity contribution is 6.00. The van der Waals surface area contributed by atoms with Crippen LogP contribution in [0.2, 0.25) is 0 Å². The van der Waals surface area contributed by atoms with Gasteiger partial charge in [0.2, 0.25) is 0 Å². The zero-order valence-electron chi connectivity index (χ0n) is 19.7. The van der Waals surface area contributed by atoms with Crippen LogP contribution in [0.15, 0.2) is 67.1 Å². The van der Waals surface area contributed by atoms with Crippen LogP contribution in [0.4, 0.5) is 5.82 Å². The monoisotopic (exact) mass is 457 g/mol. The molecular formula is C27H31N5O2. The molecule has 3 N–H and O–H groups in total. The third kappa shape index (κ3) is 4.49. The fraction of sp³-hybridized carbons (Fsp3) is 0.333. The molecule has 7 nitrogen and oxygen atoms in total. The molecule has 0 atom stereocenters. The van der Waals surface area contributed by atoms with Gasteiger partial charge in [-0.1, -0.05) is 30.3 Å². The quantitative estimate of drug-likeness (QED) is 0.429. The van der Waals surface area contributed by atoms with Gasteiger partial charge in [0.1, 0.15) is 29.3 Å². The maximum atomic E-state index is 11.0. The Morgan fingerprint density at radius 3 is 2.38 bits per heavy atom. The first-order valence-corrected chi connectivity index (χ1v) is 11.7. The number of rotatable bonds is 6. The maximum absolute atomic E-state index is 11.0. The van der Waals surface area contributed by atoms with Crippen molar-refractivity contribution < 1.29 is 9.84 Å². The number of para-hydroxylation sites is 1. The standard InChI is InChI=1S/C27H31N5O2/c1-31(2)17-27(33)14-12-20(13-15-27)32-16-23(24-25(28)29-18-30-26(24)32)19-8-10-22(11-9-19)34-21-6-4-3-5-7-21/h3-11,16,18,20,33H,12-15,17H2,1-2H3,(H2,28,29,30)/t20-,27-. The first-order valence-electron chi connectivity index (χ1n) is 11.7. The van der Waals surface area contributed by atoms with Crippen LogP contribution >= 0.6 is 0 Å². The first kappa shape index (κ1) is 22.4. The normalized spacial score (nSPS) is 20.6. The summed E-state index contributed by atoms with van der Waals surface area (Å²) in [6, 6.07) is 18.0. The lowest BCUT2D eigenvalue weighted by Crippen LogP contribution is -2.43. The Balaban J connectivity index is 1.44. The van der Waals surface area contributed by atoms with E-state index in [-0.39, 0.29) is 6.04 Å². The van der Waals surface area contributed by atoms with Crippen molar-refractivity contribution >= 4 is 16.9 Å². The third-order valence-electron chi connectivity index (χ3n) is 6.67. The number of ether oxygens (including phenoxy) is 1. The van der Waals surface area contributed by atoms with Crippen molar-refractivity contribution in [3.63, 3.8) is 0 Å². The van der Waals surface area contributed by atoms with E-state index in [1.807, 2.05) is 68.7 Å². The second-order valence-corrected chi connectivity index (χ2v) is 9.54. The van der Waals surface area contributed by atoms with E-state index < -0.39 is 5.60 Å². The number of nitrogens with zero attached hydrogens (tertiary/aromatic N) is 4. The Labute approximate surface area is 199 Å². The smallest absolute Gasteiger partial charge is 0.146 e. The molecule has 0 aliphatic heterocycles. The van der Waals surface area contributed by atoms with E-state index >= 15 is 0 Å². The number of anilines is 1. The molecule has 176 valence electrons. The van der Waals surface area contributed by atoms with E-state index in [0.29, 0.717) is 12.4 Å². The number of aliphatic hydroxyl groups is 1. The van der Waals surface area contributed by atoms with Gasteiger partial charge >= 0.3 is 0 Å². The number of hydrogen-bond acceptors (Lipinski definition) is 6. The summed E-state index contributed by atoms with van der Waals surface area (Å²) in [5.74, 6) is 2.05. The average Bonchev–Trinajstić information content (AvgIpc) is 3.21. The molecule has 2 aromatic heterocycles. The Hall–Kier alpha value is -3.42. The molecular weight excluding hydrogens is 426 g/mol. The van der Waals surface area contributed by atoms with Crippen molar-refractivity contribution in [2.45, 2.75) is 37.3 Å². The second-order valence-electron chi connectivity index (χ2n) is 9.54. The molecule has 0 saturated heterocycles. The molecule has 0 spiro atoms. The van der Waals surface area contributed by atoms with Crippen molar-refractivity contribution in [2.24, 2.45) is 0 Å². The molecule has 1 aliphatic carbocycles. The Kier molecular flexibility index (Phi) is 5.98. The van der Waals surface area contributed by atoms with Gasteiger partial charge in [0.05, 0.1) is 11.0 Å². The van der Waals surface area contributed by atoms with Gasteiger partial charge in [-0.3, -0.25) is 0 Å². The zero-order chi connectivity index (χ0) is 23.7. The van der Waals surface area contributed by atoms with Gasteiger partial charge in [-0.25, -0.2) is 9.97 Å². The van der Waals surface area contributed by atoms with E-state index in [4.69, 9.17) is 10.5 Å². The van der Waals surface area contributed by atoms with E-state index in [1.165, 1.54) is 6.33 Å². The van der Waals surface area contributed by atoms with E-state index in [2.05, 4.69) is 25.6 Å². The lowest BCUT2D eigenvalue weighted by Gasteiger charge is -2.38. The van der Waals surface area contributed by atoms with Crippen molar-refractivity contribution in [2.75, 3.05) is 26.4 Å². The van der Waals surface area contributed by atoms with Crippen LogP contribution in [-0.2, 0) is 0 Å². The molecule has 2 aromatic carbocycles. The largest absolute Gasteiger partial charge is 0.457 e. The Bertz CT molecular complexity index is 1260. The molecule has 34 heavy (non-hydrogen) atoms. The highest BCUT2D eigenvalue weighted by Gasteiger charge is 2.35. The highest BCUT2D eigenvalue weighted by atomic mass is 16.5. The van der Waals surface area contributed by atoms with E-state index in [9.17, 15) is 5.11 Å². The molecule has 0 amide bonds. The first-order chi connectivity index (χ1) is 16.4. The van der Waals surface area contributed by atoms with Crippen LogP contribution in [-0.4, -0.2) is 50.8 Å². The molecule has 5 rings (SSSR count). The topological polar surface area (TPSA) is 89.4 Å². The van der Waals surface area contributed by atoms with Gasteiger partial charge in [0.15, 0.2) is 0 Å². The van der Waals surface area contributed by atoms with Crippen LogP contribution in [0.5, 0.6) is 11.5 Å². The van der Waals surface area contributed by atoms with Crippen LogP contribution in [0, 0.1) is 0 Å². The highest BCUT2D eigenvalue weighted by Crippen LogP contribution is 2.41. The SMILES string of the molecule is CN(C)C[C@]1(O)CC[C@H](n2cc(-c3ccc(Oc4ccccc4)cc3)c3c(N)ncnc32)CC1. The predicted molar refractivity (Wildman–Crippen MR) is 135 cm³/mol. The van der Waals surface area contributed by atoms with Gasteiger partial charge in [0.25, 0.3) is 0 Å². The number of fused-ring (bicyclic) bond motifs is 1. The van der Waals surface area contributed by atoms with Crippen molar-refractivity contribution in [1.29, 1.82) is 0 Å². The number of benzene rings is 2. The molecule has 2 heterocycles. The maximum Gasteiger partial charge on any atom is 0.146 e. The van der Waals surface area contributed by atoms with Gasteiger partial charge in [0, 0.05) is 24.3 Å². The fourth-order valence-electron chi connectivity index (χ4n) is 5.10. The summed E-state index contributed by atoms with van der Waals surface area (Å²) >= 11 is 0. The molecule has 0 unspecified atom stereocenters. The minimum atomic E-state index is -0.631. The second kappa shape index (κ2) is 9.08. The molecule has 1 saturated carbocycles. The minimum absolute atomic E-state index is 0.258. The molecule has 1 aliphatic rings. The molecule has 0 radical (unpaired) electrons. The fourth-order valence-corrected chi connectivity index (χ4v) is 5.10. The molecule has 1 fully saturated rings. The minimum Gasteiger partial charge on any atom is -0.457 e. The van der Waals surface area contributed by atoms with E-state index in [1.54, 1.807) is 0 Å². The van der Waals surface area contributed by atoms with Crippen molar-refractivity contribution in [3.05, 3.63) is 67.1 Å². The zero-order valence-corrected chi connectivity index (χ0v) is 19.7. The summed E-state index contributed by atoms with van der Waals surface area (Å²) in [6.07, 6.45) is 6.97. The summed E-state index contributed by atoms with van der Waals surface area (Å²) in [7, 11) is 4.01. The predicted octanol–water partition coefficient (Wildman–Crippen LogP) is 4.88. The van der Waals surface area contributed by atoms with Crippen molar-refractivity contribution in [3.8, 4) is 22.6 Å². The summed E-state index contributed by atoms with van der Waals surface area (Å²) in [5.41, 5.74) is 8.59. The lowest BCUT2D eigenvalue weighted by atomic mass is 9.82. The van der Waals surface area contributed by atoms with Gasteiger partial charge in [-0.2, -0.15) is 0 Å². The average molecular weight is 458 g/mol. The van der Waals surface area contributed by atoms with Crippen LogP contribution in [0.1, 0.15) is 31.7 Å². The molecule has 0 bridgehead atoms. The number of nitrogen functional groups attached to an aromatic ring is 1. The third-order valence-corrected chi connectivity index (χ3v) is 6.67. The Morgan fingerprint density at radius 2 is 1.71 bits per heavy atom. The van der Waals surface area contributed by atoms with Crippen LogP contribution in [0.3, 0.4) is 0 Å². The number of likely N-dealkylation sites (N-methyl/N-ethyl adjacent to an activating group) is 1. The summed E-state index contributed by atoms with van der Waals surface area (Å²) in [6.45, 7) is 0.684.